The summed E-state index contributed by atoms with van der Waals surface area (Å²) in [5, 5.41) is 10.5. The summed E-state index contributed by atoms with van der Waals surface area (Å²) in [4.78, 5) is 0. The van der Waals surface area contributed by atoms with Gasteiger partial charge in [0.15, 0.2) is 0 Å². The average Bonchev–Trinajstić information content (AvgIpc) is 2.37. The summed E-state index contributed by atoms with van der Waals surface area (Å²) in [7, 11) is 0. The molecule has 0 saturated carbocycles. The van der Waals surface area contributed by atoms with Crippen LogP contribution in [0, 0.1) is 5.92 Å². The lowest BCUT2D eigenvalue weighted by Gasteiger charge is -2.46. The molecule has 1 heterocycles. The standard InChI is InChI=1S/C19H26O2/c1-5-6-13-10-16(20)18-14-9-12(2)7-8-15(14)19(3,4)21-17(18)11-13/h9-11,14-15,20H,5-8H2,1-4H3/t14-,15+/m1/s1. The highest BCUT2D eigenvalue weighted by atomic mass is 16.5. The summed E-state index contributed by atoms with van der Waals surface area (Å²) in [5.41, 5.74) is 3.42. The van der Waals surface area contributed by atoms with Crippen LogP contribution in [-0.4, -0.2) is 10.7 Å². The average molecular weight is 286 g/mol. The predicted molar refractivity (Wildman–Crippen MR) is 86.0 cm³/mol. The minimum atomic E-state index is -0.174. The van der Waals surface area contributed by atoms with Gasteiger partial charge in [-0.2, -0.15) is 0 Å². The van der Waals surface area contributed by atoms with Crippen molar-refractivity contribution in [1.29, 1.82) is 0 Å². The molecule has 0 saturated heterocycles. The number of rotatable bonds is 2. The number of phenolic OH excluding ortho intramolecular Hbond substituents is 1. The van der Waals surface area contributed by atoms with Crippen molar-refractivity contribution in [2.75, 3.05) is 0 Å². The van der Waals surface area contributed by atoms with Gasteiger partial charge in [-0.05, 0) is 57.7 Å². The van der Waals surface area contributed by atoms with E-state index in [0.29, 0.717) is 11.7 Å². The Kier molecular flexibility index (Phi) is 3.51. The number of hydrogen-bond acceptors (Lipinski definition) is 2. The molecule has 2 aliphatic rings. The lowest BCUT2D eigenvalue weighted by Crippen LogP contribution is -2.45. The molecule has 2 heteroatoms. The Balaban J connectivity index is 2.13. The van der Waals surface area contributed by atoms with Gasteiger partial charge in [-0.3, -0.25) is 0 Å². The molecule has 0 spiro atoms. The molecule has 0 amide bonds. The van der Waals surface area contributed by atoms with Crippen molar-refractivity contribution in [3.05, 3.63) is 34.9 Å². The van der Waals surface area contributed by atoms with Crippen LogP contribution in [0.3, 0.4) is 0 Å². The maximum atomic E-state index is 10.5. The quantitative estimate of drug-likeness (QED) is 0.779. The first-order valence-corrected chi connectivity index (χ1v) is 8.14. The molecule has 1 aliphatic carbocycles. The van der Waals surface area contributed by atoms with Gasteiger partial charge in [0.25, 0.3) is 0 Å². The Morgan fingerprint density at radius 2 is 2.10 bits per heavy atom. The number of fused-ring (bicyclic) bond motifs is 3. The maximum Gasteiger partial charge on any atom is 0.127 e. The van der Waals surface area contributed by atoms with Gasteiger partial charge in [-0.1, -0.05) is 25.0 Å². The van der Waals surface area contributed by atoms with Crippen molar-refractivity contribution in [3.63, 3.8) is 0 Å². The molecule has 114 valence electrons. The third-order valence-electron chi connectivity index (χ3n) is 5.07. The first kappa shape index (κ1) is 14.5. The van der Waals surface area contributed by atoms with Gasteiger partial charge in [-0.15, -0.1) is 0 Å². The first-order chi connectivity index (χ1) is 9.92. The molecule has 1 aliphatic heterocycles. The second kappa shape index (κ2) is 5.08. The summed E-state index contributed by atoms with van der Waals surface area (Å²) < 4.78 is 6.30. The zero-order valence-electron chi connectivity index (χ0n) is 13.6. The van der Waals surface area contributed by atoms with Crippen molar-refractivity contribution in [1.82, 2.24) is 0 Å². The highest BCUT2D eigenvalue weighted by Gasteiger charge is 2.45. The summed E-state index contributed by atoms with van der Waals surface area (Å²) >= 11 is 0. The van der Waals surface area contributed by atoms with Crippen molar-refractivity contribution in [2.24, 2.45) is 5.92 Å². The van der Waals surface area contributed by atoms with Gasteiger partial charge >= 0.3 is 0 Å². The van der Waals surface area contributed by atoms with E-state index in [1.165, 1.54) is 11.1 Å². The van der Waals surface area contributed by atoms with Gasteiger partial charge in [0, 0.05) is 17.4 Å². The summed E-state index contributed by atoms with van der Waals surface area (Å²) in [6.45, 7) is 8.72. The molecule has 1 aromatic carbocycles. The Morgan fingerprint density at radius 3 is 2.81 bits per heavy atom. The van der Waals surface area contributed by atoms with E-state index in [-0.39, 0.29) is 11.5 Å². The van der Waals surface area contributed by atoms with E-state index in [9.17, 15) is 5.11 Å². The van der Waals surface area contributed by atoms with Crippen LogP contribution in [0.15, 0.2) is 23.8 Å². The van der Waals surface area contributed by atoms with Crippen molar-refractivity contribution in [3.8, 4) is 11.5 Å². The fourth-order valence-corrected chi connectivity index (χ4v) is 4.01. The number of allylic oxidation sites excluding steroid dienone is 2. The number of hydrogen-bond donors (Lipinski definition) is 1. The number of phenols is 1. The molecule has 0 bridgehead atoms. The molecule has 2 nitrogen and oxygen atoms in total. The highest BCUT2D eigenvalue weighted by molar-refractivity contribution is 5.53. The lowest BCUT2D eigenvalue weighted by molar-refractivity contribution is 0.0107. The van der Waals surface area contributed by atoms with Gasteiger partial charge in [0.1, 0.15) is 17.1 Å². The number of benzene rings is 1. The molecule has 2 atom stereocenters. The minimum Gasteiger partial charge on any atom is -0.507 e. The van der Waals surface area contributed by atoms with E-state index in [2.05, 4.69) is 39.8 Å². The normalized spacial score (nSPS) is 26.4. The van der Waals surface area contributed by atoms with E-state index in [1.54, 1.807) is 0 Å². The predicted octanol–water partition coefficient (Wildman–Crippen LogP) is 4.96. The van der Waals surface area contributed by atoms with E-state index >= 15 is 0 Å². The number of aryl methyl sites for hydroxylation is 1. The van der Waals surface area contributed by atoms with Crippen LogP contribution in [0.5, 0.6) is 11.5 Å². The topological polar surface area (TPSA) is 29.5 Å². The molecule has 3 rings (SSSR count). The molecule has 21 heavy (non-hydrogen) atoms. The number of aromatic hydroxyl groups is 1. The van der Waals surface area contributed by atoms with Crippen LogP contribution in [0.2, 0.25) is 0 Å². The van der Waals surface area contributed by atoms with Crippen molar-refractivity contribution in [2.45, 2.75) is 64.9 Å². The molecule has 0 fully saturated rings. The van der Waals surface area contributed by atoms with E-state index in [1.807, 2.05) is 6.07 Å². The van der Waals surface area contributed by atoms with Crippen molar-refractivity contribution >= 4 is 0 Å². The molecular weight excluding hydrogens is 260 g/mol. The fourth-order valence-electron chi connectivity index (χ4n) is 4.01. The van der Waals surface area contributed by atoms with Crippen LogP contribution in [0.4, 0.5) is 0 Å². The summed E-state index contributed by atoms with van der Waals surface area (Å²) in [5.74, 6) is 2.02. The van der Waals surface area contributed by atoms with Crippen LogP contribution < -0.4 is 4.74 Å². The molecular formula is C19H26O2. The summed E-state index contributed by atoms with van der Waals surface area (Å²) in [6, 6.07) is 4.06. The van der Waals surface area contributed by atoms with Crippen LogP contribution >= 0.6 is 0 Å². The van der Waals surface area contributed by atoms with Gasteiger partial charge in [0.05, 0.1) is 0 Å². The van der Waals surface area contributed by atoms with Crippen LogP contribution in [0.1, 0.15) is 64.0 Å². The van der Waals surface area contributed by atoms with Gasteiger partial charge < -0.3 is 9.84 Å². The van der Waals surface area contributed by atoms with E-state index in [0.717, 1.165) is 37.0 Å². The molecule has 0 aromatic heterocycles. The molecule has 1 N–H and O–H groups in total. The third-order valence-corrected chi connectivity index (χ3v) is 5.07. The monoisotopic (exact) mass is 286 g/mol. The van der Waals surface area contributed by atoms with E-state index in [4.69, 9.17) is 4.74 Å². The highest BCUT2D eigenvalue weighted by Crippen LogP contribution is 2.53. The molecule has 0 unspecified atom stereocenters. The molecule has 0 radical (unpaired) electrons. The van der Waals surface area contributed by atoms with Gasteiger partial charge in [-0.25, -0.2) is 0 Å². The van der Waals surface area contributed by atoms with Crippen LogP contribution in [0.25, 0.3) is 0 Å². The lowest BCUT2D eigenvalue weighted by atomic mass is 9.68. The Morgan fingerprint density at radius 1 is 1.33 bits per heavy atom. The zero-order valence-corrected chi connectivity index (χ0v) is 13.6. The van der Waals surface area contributed by atoms with Crippen LogP contribution in [-0.2, 0) is 6.42 Å². The minimum absolute atomic E-state index is 0.174. The number of ether oxygens (including phenoxy) is 1. The molecule has 1 aromatic rings. The first-order valence-electron chi connectivity index (χ1n) is 8.14. The van der Waals surface area contributed by atoms with Gasteiger partial charge in [0.2, 0.25) is 0 Å². The maximum absolute atomic E-state index is 10.5. The second-order valence-electron chi connectivity index (χ2n) is 7.17. The SMILES string of the molecule is CCCc1cc(O)c2c(c1)OC(C)(C)[C@H]1CCC(C)=C[C@@H]21. The largest absolute Gasteiger partial charge is 0.507 e. The Hall–Kier alpha value is -1.44. The Bertz CT molecular complexity index is 583. The third kappa shape index (κ3) is 2.45. The summed E-state index contributed by atoms with van der Waals surface area (Å²) in [6.07, 6.45) is 6.67. The fraction of sp³-hybridized carbons (Fsp3) is 0.579. The Labute approximate surface area is 127 Å². The van der Waals surface area contributed by atoms with Crippen molar-refractivity contribution < 1.29 is 9.84 Å². The van der Waals surface area contributed by atoms with E-state index < -0.39 is 0 Å². The smallest absolute Gasteiger partial charge is 0.127 e. The second-order valence-corrected chi connectivity index (χ2v) is 7.17. The zero-order chi connectivity index (χ0) is 15.2.